The van der Waals surface area contributed by atoms with Gasteiger partial charge in [-0.05, 0) is 30.2 Å². The van der Waals surface area contributed by atoms with Crippen LogP contribution >= 0.6 is 27.3 Å². The Bertz CT molecular complexity index is 841. The van der Waals surface area contributed by atoms with E-state index in [2.05, 4.69) is 32.3 Å². The molecule has 0 radical (unpaired) electrons. The van der Waals surface area contributed by atoms with Crippen LogP contribution in [0.25, 0.3) is 0 Å². The van der Waals surface area contributed by atoms with Gasteiger partial charge in [0.25, 0.3) is 0 Å². The van der Waals surface area contributed by atoms with Crippen molar-refractivity contribution in [2.75, 3.05) is 29.9 Å². The molecule has 2 aliphatic rings. The van der Waals surface area contributed by atoms with Crippen molar-refractivity contribution < 1.29 is 9.59 Å². The summed E-state index contributed by atoms with van der Waals surface area (Å²) in [7, 11) is 0. The Morgan fingerprint density at radius 2 is 2.20 bits per heavy atom. The number of anilines is 2. The van der Waals surface area contributed by atoms with Crippen molar-refractivity contribution in [3.05, 3.63) is 39.8 Å². The third kappa shape index (κ3) is 2.83. The van der Waals surface area contributed by atoms with Crippen LogP contribution in [0.15, 0.2) is 34.2 Å². The number of hydrogen-bond acceptors (Lipinski definition) is 4. The third-order valence-electron chi connectivity index (χ3n) is 4.97. The summed E-state index contributed by atoms with van der Waals surface area (Å²) in [6, 6.07) is 5.80. The summed E-state index contributed by atoms with van der Waals surface area (Å²) in [5, 5.41) is 5.27. The molecule has 6 nitrogen and oxygen atoms in total. The molecule has 25 heavy (non-hydrogen) atoms. The normalized spacial score (nSPS) is 21.7. The molecule has 1 aromatic carbocycles. The number of likely N-dealkylation sites (tertiary alicyclic amines) is 1. The first-order chi connectivity index (χ1) is 12.0. The van der Waals surface area contributed by atoms with E-state index in [4.69, 9.17) is 0 Å². The minimum absolute atomic E-state index is 0.0825. The molecule has 130 valence electrons. The lowest BCUT2D eigenvalue weighted by Gasteiger charge is -2.25. The van der Waals surface area contributed by atoms with Crippen LogP contribution in [0, 0.1) is 0 Å². The van der Waals surface area contributed by atoms with Gasteiger partial charge in [0.05, 0.1) is 0 Å². The lowest BCUT2D eigenvalue weighted by molar-refractivity contribution is -0.127. The summed E-state index contributed by atoms with van der Waals surface area (Å²) in [5.74, 6) is 0.0825. The number of nitrogens with zero attached hydrogens (tertiary/aromatic N) is 3. The Kier molecular flexibility index (Phi) is 4.04. The number of aromatic nitrogens is 1. The smallest absolute Gasteiger partial charge is 0.328 e. The summed E-state index contributed by atoms with van der Waals surface area (Å²) < 4.78 is 0.981. The van der Waals surface area contributed by atoms with Gasteiger partial charge in [0, 0.05) is 53.7 Å². The van der Waals surface area contributed by atoms with Gasteiger partial charge in [-0.1, -0.05) is 15.9 Å². The number of hydrogen-bond donors (Lipinski definition) is 1. The fraction of sp³-hybridized carbons (Fsp3) is 0.353. The van der Waals surface area contributed by atoms with Gasteiger partial charge in [0.1, 0.15) is 0 Å². The second-order valence-corrected chi connectivity index (χ2v) is 8.30. The van der Waals surface area contributed by atoms with Crippen LogP contribution in [-0.2, 0) is 10.2 Å². The van der Waals surface area contributed by atoms with Gasteiger partial charge in [-0.15, -0.1) is 11.3 Å². The van der Waals surface area contributed by atoms with Crippen LogP contribution in [0.1, 0.15) is 18.9 Å². The van der Waals surface area contributed by atoms with E-state index in [0.29, 0.717) is 18.2 Å². The van der Waals surface area contributed by atoms with E-state index in [1.807, 2.05) is 22.4 Å². The second kappa shape index (κ2) is 6.10. The first-order valence-corrected chi connectivity index (χ1v) is 9.69. The zero-order valence-corrected chi connectivity index (χ0v) is 16.1. The molecule has 8 heteroatoms. The topological polar surface area (TPSA) is 65.5 Å². The molecule has 3 amide bonds. The Morgan fingerprint density at radius 1 is 1.36 bits per heavy atom. The highest BCUT2D eigenvalue weighted by atomic mass is 79.9. The highest BCUT2D eigenvalue weighted by Crippen LogP contribution is 2.47. The van der Waals surface area contributed by atoms with E-state index in [1.165, 1.54) is 11.3 Å². The summed E-state index contributed by atoms with van der Waals surface area (Å²) in [4.78, 5) is 32.4. The van der Waals surface area contributed by atoms with Crippen molar-refractivity contribution in [3.63, 3.8) is 0 Å². The number of benzene rings is 1. The summed E-state index contributed by atoms with van der Waals surface area (Å²) in [6.45, 7) is 3.54. The van der Waals surface area contributed by atoms with Crippen molar-refractivity contribution >= 4 is 50.0 Å². The van der Waals surface area contributed by atoms with Crippen LogP contribution in [0.5, 0.6) is 0 Å². The van der Waals surface area contributed by atoms with E-state index < -0.39 is 0 Å². The van der Waals surface area contributed by atoms with E-state index in [0.717, 1.165) is 28.7 Å². The zero-order valence-electron chi connectivity index (χ0n) is 13.7. The number of rotatable bonds is 1. The van der Waals surface area contributed by atoms with Gasteiger partial charge in [0.15, 0.2) is 5.13 Å². The van der Waals surface area contributed by atoms with Gasteiger partial charge < -0.3 is 4.90 Å². The largest absolute Gasteiger partial charge is 0.342 e. The zero-order chi connectivity index (χ0) is 17.6. The quantitative estimate of drug-likeness (QED) is 0.767. The number of fused-ring (bicyclic) bond motifs is 2. The van der Waals surface area contributed by atoms with Crippen molar-refractivity contribution in [2.45, 2.75) is 18.8 Å². The average Bonchev–Trinajstić information content (AvgIpc) is 3.28. The van der Waals surface area contributed by atoms with E-state index in [1.54, 1.807) is 18.0 Å². The Morgan fingerprint density at radius 3 is 2.88 bits per heavy atom. The molecular weight excluding hydrogens is 404 g/mol. The average molecular weight is 421 g/mol. The van der Waals surface area contributed by atoms with Crippen molar-refractivity contribution in [3.8, 4) is 0 Å². The lowest BCUT2D eigenvalue weighted by atomic mass is 9.81. The fourth-order valence-electron chi connectivity index (χ4n) is 3.76. The molecule has 1 fully saturated rings. The second-order valence-electron chi connectivity index (χ2n) is 6.49. The summed E-state index contributed by atoms with van der Waals surface area (Å²) in [5.41, 5.74) is 1.83. The SMILES string of the molecule is CC(=O)N1CC[C@]2(C1)CN(C(=O)Nc1nccs1)c1ccc(Br)cc12. The molecule has 1 aromatic heterocycles. The molecule has 1 saturated heterocycles. The molecule has 1 atom stereocenters. The van der Waals surface area contributed by atoms with E-state index >= 15 is 0 Å². The number of halogens is 1. The van der Waals surface area contributed by atoms with E-state index in [-0.39, 0.29) is 17.4 Å². The molecule has 4 rings (SSSR count). The molecule has 0 aliphatic carbocycles. The summed E-state index contributed by atoms with van der Waals surface area (Å²) in [6.07, 6.45) is 2.52. The number of thiazole rings is 1. The van der Waals surface area contributed by atoms with Crippen molar-refractivity contribution in [1.82, 2.24) is 9.88 Å². The highest BCUT2D eigenvalue weighted by Gasteiger charge is 2.49. The number of amides is 3. The predicted octanol–water partition coefficient (Wildman–Crippen LogP) is 3.45. The van der Waals surface area contributed by atoms with Crippen LogP contribution in [0.2, 0.25) is 0 Å². The molecule has 0 saturated carbocycles. The first kappa shape index (κ1) is 16.5. The third-order valence-corrected chi connectivity index (χ3v) is 6.15. The van der Waals surface area contributed by atoms with Crippen molar-refractivity contribution in [1.29, 1.82) is 0 Å². The molecule has 3 heterocycles. The first-order valence-electron chi connectivity index (χ1n) is 8.02. The predicted molar refractivity (Wildman–Crippen MR) is 101 cm³/mol. The minimum Gasteiger partial charge on any atom is -0.342 e. The van der Waals surface area contributed by atoms with Crippen LogP contribution in [0.4, 0.5) is 15.6 Å². The van der Waals surface area contributed by atoms with Crippen LogP contribution < -0.4 is 10.2 Å². The minimum atomic E-state index is -0.203. The standard InChI is InChI=1S/C17H17BrN4O2S/c1-11(23)21-6-4-17(9-21)10-22(14-3-2-12(18)8-13(14)17)16(24)20-15-19-5-7-25-15/h2-3,5,7-8H,4,6,9-10H2,1H3,(H,19,20,24)/t17-/m0/s1. The van der Waals surface area contributed by atoms with Gasteiger partial charge in [-0.2, -0.15) is 0 Å². The van der Waals surface area contributed by atoms with Crippen molar-refractivity contribution in [2.24, 2.45) is 0 Å². The molecule has 1 N–H and O–H groups in total. The fourth-order valence-corrected chi connectivity index (χ4v) is 4.64. The maximum absolute atomic E-state index is 12.8. The molecule has 0 bridgehead atoms. The lowest BCUT2D eigenvalue weighted by Crippen LogP contribution is -2.41. The molecule has 0 unspecified atom stereocenters. The van der Waals surface area contributed by atoms with Gasteiger partial charge >= 0.3 is 6.03 Å². The number of nitrogens with one attached hydrogen (secondary N) is 1. The van der Waals surface area contributed by atoms with Crippen LogP contribution in [0.3, 0.4) is 0 Å². The van der Waals surface area contributed by atoms with Gasteiger partial charge in [-0.25, -0.2) is 9.78 Å². The monoisotopic (exact) mass is 420 g/mol. The highest BCUT2D eigenvalue weighted by molar-refractivity contribution is 9.10. The van der Waals surface area contributed by atoms with Gasteiger partial charge in [0.2, 0.25) is 5.91 Å². The van der Waals surface area contributed by atoms with Crippen LogP contribution in [-0.4, -0.2) is 41.5 Å². The Balaban J connectivity index is 1.68. The maximum Gasteiger partial charge on any atom is 0.328 e. The summed E-state index contributed by atoms with van der Waals surface area (Å²) >= 11 is 4.93. The maximum atomic E-state index is 12.8. The Hall–Kier alpha value is -1.93. The molecule has 2 aliphatic heterocycles. The number of carbonyl (C=O) groups excluding carboxylic acids is 2. The number of carbonyl (C=O) groups is 2. The number of urea groups is 1. The Labute approximate surface area is 158 Å². The molecule has 2 aromatic rings. The molecular formula is C17H17BrN4O2S. The molecule has 1 spiro atoms. The van der Waals surface area contributed by atoms with Gasteiger partial charge in [-0.3, -0.25) is 15.0 Å². The van der Waals surface area contributed by atoms with E-state index in [9.17, 15) is 9.59 Å².